The third-order valence-electron chi connectivity index (χ3n) is 4.64. The van der Waals surface area contributed by atoms with E-state index < -0.39 is 9.84 Å². The van der Waals surface area contributed by atoms with Crippen molar-refractivity contribution in [2.75, 3.05) is 0 Å². The van der Waals surface area contributed by atoms with Crippen LogP contribution in [0.3, 0.4) is 0 Å². The molecule has 132 valence electrons. The van der Waals surface area contributed by atoms with Crippen LogP contribution < -0.4 is 5.32 Å². The van der Waals surface area contributed by atoms with Crippen LogP contribution >= 0.6 is 0 Å². The number of rotatable bonds is 5. The first-order chi connectivity index (χ1) is 11.9. The molecule has 1 aliphatic rings. The minimum atomic E-state index is -3.38. The number of aryl methyl sites for hydroxylation is 1. The number of hydrogen-bond acceptors (Lipinski definition) is 3. The molecule has 0 radical (unpaired) electrons. The Hall–Kier alpha value is -2.14. The second-order valence-electron chi connectivity index (χ2n) is 6.72. The van der Waals surface area contributed by atoms with E-state index in [0.717, 1.165) is 18.4 Å². The molecule has 0 spiro atoms. The van der Waals surface area contributed by atoms with Crippen LogP contribution in [0.4, 0.5) is 0 Å². The molecule has 1 saturated carbocycles. The first-order valence-electron chi connectivity index (χ1n) is 8.63. The van der Waals surface area contributed by atoms with E-state index in [1.165, 1.54) is 12.8 Å². The van der Waals surface area contributed by atoms with Gasteiger partial charge in [-0.25, -0.2) is 8.42 Å². The quantitative estimate of drug-likeness (QED) is 0.888. The number of sulfone groups is 1. The fourth-order valence-electron chi connectivity index (χ4n) is 3.14. The van der Waals surface area contributed by atoms with Gasteiger partial charge in [-0.05, 0) is 49.6 Å². The van der Waals surface area contributed by atoms with Crippen molar-refractivity contribution < 1.29 is 13.2 Å². The zero-order valence-electron chi connectivity index (χ0n) is 14.4. The fraction of sp³-hybridized carbons (Fsp3) is 0.350. The smallest absolute Gasteiger partial charge is 0.251 e. The molecule has 2 aromatic carbocycles. The molecule has 4 nitrogen and oxygen atoms in total. The summed E-state index contributed by atoms with van der Waals surface area (Å²) in [6.07, 6.45) is 4.42. The molecule has 0 heterocycles. The van der Waals surface area contributed by atoms with Crippen LogP contribution in [0.1, 0.15) is 47.2 Å². The molecule has 0 atom stereocenters. The summed E-state index contributed by atoms with van der Waals surface area (Å²) in [5, 5.41) is 3.04. The molecular weight excluding hydrogens is 334 g/mol. The maximum Gasteiger partial charge on any atom is 0.251 e. The molecule has 1 amide bonds. The number of carbonyl (C=O) groups is 1. The van der Waals surface area contributed by atoms with E-state index in [4.69, 9.17) is 0 Å². The summed E-state index contributed by atoms with van der Waals surface area (Å²) in [7, 11) is -3.38. The van der Waals surface area contributed by atoms with Gasteiger partial charge in [-0.15, -0.1) is 0 Å². The molecule has 3 rings (SSSR count). The largest absolute Gasteiger partial charge is 0.349 e. The monoisotopic (exact) mass is 357 g/mol. The van der Waals surface area contributed by atoms with E-state index in [2.05, 4.69) is 5.32 Å². The summed E-state index contributed by atoms with van der Waals surface area (Å²) < 4.78 is 25.0. The Bertz CT molecular complexity index is 834. The van der Waals surface area contributed by atoms with Crippen molar-refractivity contribution in [3.63, 3.8) is 0 Å². The Morgan fingerprint density at radius 2 is 1.60 bits per heavy atom. The maximum atomic E-state index is 12.5. The zero-order chi connectivity index (χ0) is 17.9. The predicted molar refractivity (Wildman–Crippen MR) is 98.2 cm³/mol. The molecule has 0 saturated heterocycles. The van der Waals surface area contributed by atoms with Crippen molar-refractivity contribution in [1.82, 2.24) is 5.32 Å². The van der Waals surface area contributed by atoms with Gasteiger partial charge in [0.25, 0.3) is 5.91 Å². The third kappa shape index (κ3) is 4.48. The van der Waals surface area contributed by atoms with E-state index in [1.807, 2.05) is 6.92 Å². The van der Waals surface area contributed by atoms with Gasteiger partial charge in [-0.1, -0.05) is 42.7 Å². The van der Waals surface area contributed by atoms with Crippen LogP contribution in [0.2, 0.25) is 0 Å². The summed E-state index contributed by atoms with van der Waals surface area (Å²) in [6, 6.07) is 14.0. The van der Waals surface area contributed by atoms with Gasteiger partial charge in [0.15, 0.2) is 9.84 Å². The highest BCUT2D eigenvalue weighted by Crippen LogP contribution is 2.19. The topological polar surface area (TPSA) is 63.2 Å². The number of amides is 1. The van der Waals surface area contributed by atoms with Crippen LogP contribution in [0.25, 0.3) is 0 Å². The normalized spacial score (nSPS) is 15.2. The third-order valence-corrected chi connectivity index (χ3v) is 6.35. The minimum absolute atomic E-state index is 0.0689. The summed E-state index contributed by atoms with van der Waals surface area (Å²) in [5.74, 6) is -0.152. The first-order valence-corrected chi connectivity index (χ1v) is 10.3. The van der Waals surface area contributed by atoms with Crippen LogP contribution in [0.5, 0.6) is 0 Å². The van der Waals surface area contributed by atoms with Crippen LogP contribution in [-0.2, 0) is 15.6 Å². The van der Waals surface area contributed by atoms with Crippen LogP contribution in [-0.4, -0.2) is 20.4 Å². The highest BCUT2D eigenvalue weighted by atomic mass is 32.2. The lowest BCUT2D eigenvalue weighted by Gasteiger charge is -2.12. The lowest BCUT2D eigenvalue weighted by Crippen LogP contribution is -2.32. The van der Waals surface area contributed by atoms with E-state index in [-0.39, 0.29) is 17.7 Å². The van der Waals surface area contributed by atoms with E-state index in [0.29, 0.717) is 16.0 Å². The highest BCUT2D eigenvalue weighted by molar-refractivity contribution is 7.90. The predicted octanol–water partition coefficient (Wildman–Crippen LogP) is 3.64. The van der Waals surface area contributed by atoms with Gasteiger partial charge in [0.05, 0.1) is 10.6 Å². The average Bonchev–Trinajstić information content (AvgIpc) is 3.08. The maximum absolute atomic E-state index is 12.5. The highest BCUT2D eigenvalue weighted by Gasteiger charge is 2.19. The Morgan fingerprint density at radius 3 is 2.20 bits per heavy atom. The summed E-state index contributed by atoms with van der Waals surface area (Å²) in [5.41, 5.74) is 2.28. The van der Waals surface area contributed by atoms with Crippen molar-refractivity contribution in [3.05, 3.63) is 65.2 Å². The van der Waals surface area contributed by atoms with Crippen LogP contribution in [0.15, 0.2) is 53.4 Å². The molecule has 25 heavy (non-hydrogen) atoms. The molecule has 5 heteroatoms. The molecule has 2 aromatic rings. The van der Waals surface area contributed by atoms with Crippen molar-refractivity contribution in [2.24, 2.45) is 0 Å². The first kappa shape index (κ1) is 17.7. The summed E-state index contributed by atoms with van der Waals surface area (Å²) >= 11 is 0. The lowest BCUT2D eigenvalue weighted by atomic mass is 10.1. The van der Waals surface area contributed by atoms with Gasteiger partial charge < -0.3 is 5.32 Å². The van der Waals surface area contributed by atoms with Gasteiger partial charge in [0, 0.05) is 11.6 Å². The summed E-state index contributed by atoms with van der Waals surface area (Å²) in [4.78, 5) is 12.5. The minimum Gasteiger partial charge on any atom is -0.349 e. The van der Waals surface area contributed by atoms with Crippen molar-refractivity contribution in [1.29, 1.82) is 0 Å². The van der Waals surface area contributed by atoms with Gasteiger partial charge in [-0.2, -0.15) is 0 Å². The molecule has 0 unspecified atom stereocenters. The van der Waals surface area contributed by atoms with Gasteiger partial charge in [0.1, 0.15) is 0 Å². The zero-order valence-corrected chi connectivity index (χ0v) is 15.2. The van der Waals surface area contributed by atoms with Crippen molar-refractivity contribution >= 4 is 15.7 Å². The molecule has 1 N–H and O–H groups in total. The number of benzene rings is 2. The average molecular weight is 357 g/mol. The van der Waals surface area contributed by atoms with Crippen molar-refractivity contribution in [3.8, 4) is 0 Å². The van der Waals surface area contributed by atoms with Crippen LogP contribution in [0, 0.1) is 6.92 Å². The van der Waals surface area contributed by atoms with Gasteiger partial charge >= 0.3 is 0 Å². The van der Waals surface area contributed by atoms with Gasteiger partial charge in [0.2, 0.25) is 0 Å². The fourth-order valence-corrected chi connectivity index (χ4v) is 4.49. The Morgan fingerprint density at radius 1 is 1.00 bits per heavy atom. The molecule has 1 fully saturated rings. The Labute approximate surface area is 149 Å². The van der Waals surface area contributed by atoms with E-state index >= 15 is 0 Å². The van der Waals surface area contributed by atoms with E-state index in [9.17, 15) is 13.2 Å². The lowest BCUT2D eigenvalue weighted by molar-refractivity contribution is 0.0938. The summed E-state index contributed by atoms with van der Waals surface area (Å²) in [6.45, 7) is 1.92. The van der Waals surface area contributed by atoms with Crippen molar-refractivity contribution in [2.45, 2.75) is 49.3 Å². The Balaban J connectivity index is 1.67. The second kappa shape index (κ2) is 7.40. The molecule has 0 bridgehead atoms. The number of carbonyl (C=O) groups excluding carboxylic acids is 1. The van der Waals surface area contributed by atoms with Gasteiger partial charge in [-0.3, -0.25) is 4.79 Å². The number of hydrogen-bond donors (Lipinski definition) is 1. The standard InChI is InChI=1S/C20H23NO3S/c1-15-6-12-19(13-7-15)25(23,24)14-16-8-10-17(11-9-16)20(22)21-18-4-2-3-5-18/h6-13,18H,2-5,14H2,1H3,(H,21,22). The number of nitrogens with one attached hydrogen (secondary N) is 1. The molecule has 0 aliphatic heterocycles. The molecule has 0 aromatic heterocycles. The molecule has 1 aliphatic carbocycles. The second-order valence-corrected chi connectivity index (χ2v) is 8.71. The molecular formula is C20H23NO3S. The van der Waals surface area contributed by atoms with E-state index in [1.54, 1.807) is 48.5 Å². The Kier molecular flexibility index (Phi) is 5.23. The SMILES string of the molecule is Cc1ccc(S(=O)(=O)Cc2ccc(C(=O)NC3CCCC3)cc2)cc1.